The number of carboxylic acid groups (broad SMARTS) is 1. The molecule has 2 saturated heterocycles. The van der Waals surface area contributed by atoms with Gasteiger partial charge in [0.05, 0.1) is 36.7 Å². The number of aliphatic carboxylic acids is 1. The summed E-state index contributed by atoms with van der Waals surface area (Å²) >= 11 is 0. The van der Waals surface area contributed by atoms with Crippen LogP contribution >= 0.6 is 0 Å². The number of carbonyl (C=O) groups is 1. The zero-order valence-corrected chi connectivity index (χ0v) is 20.5. The molecule has 0 bridgehead atoms. The lowest BCUT2D eigenvalue weighted by atomic mass is 9.98. The van der Waals surface area contributed by atoms with Gasteiger partial charge in [-0.15, -0.1) is 0 Å². The Morgan fingerprint density at radius 1 is 1.23 bits per heavy atom. The molecule has 0 radical (unpaired) electrons. The second-order valence-electron chi connectivity index (χ2n) is 9.16. The molecule has 0 spiro atoms. The van der Waals surface area contributed by atoms with Gasteiger partial charge in [-0.1, -0.05) is 6.92 Å². The number of ether oxygens (including phenoxy) is 3. The van der Waals surface area contributed by atoms with Crippen molar-refractivity contribution in [2.75, 3.05) is 43.2 Å². The van der Waals surface area contributed by atoms with Crippen molar-refractivity contribution in [3.05, 3.63) is 42.3 Å². The third kappa shape index (κ3) is 5.78. The van der Waals surface area contributed by atoms with Gasteiger partial charge in [-0.2, -0.15) is 0 Å². The summed E-state index contributed by atoms with van der Waals surface area (Å²) in [6.07, 6.45) is 3.25. The highest BCUT2D eigenvalue weighted by atomic mass is 19.1. The van der Waals surface area contributed by atoms with Crippen molar-refractivity contribution in [1.82, 2.24) is 4.98 Å². The number of anilines is 2. The fraction of sp³-hybridized carbons (Fsp3) is 0.538. The van der Waals surface area contributed by atoms with E-state index in [1.54, 1.807) is 25.4 Å². The van der Waals surface area contributed by atoms with Gasteiger partial charge in [0.2, 0.25) is 5.88 Å². The van der Waals surface area contributed by atoms with Crippen molar-refractivity contribution in [2.45, 2.75) is 51.4 Å². The molecule has 2 fully saturated rings. The van der Waals surface area contributed by atoms with Crippen LogP contribution in [0.15, 0.2) is 36.5 Å². The predicted octanol–water partition coefficient (Wildman–Crippen LogP) is 3.98. The smallest absolute Gasteiger partial charge is 0.305 e. The number of halogens is 1. The Labute approximate surface area is 205 Å². The highest BCUT2D eigenvalue weighted by Gasteiger charge is 2.40. The van der Waals surface area contributed by atoms with E-state index in [4.69, 9.17) is 14.2 Å². The summed E-state index contributed by atoms with van der Waals surface area (Å²) < 4.78 is 31.6. The minimum atomic E-state index is -0.827. The number of carboxylic acids is 1. The lowest BCUT2D eigenvalue weighted by molar-refractivity contribution is -0.137. The molecule has 2 aliphatic rings. The zero-order chi connectivity index (χ0) is 24.9. The van der Waals surface area contributed by atoms with Crippen LogP contribution in [0.25, 0.3) is 0 Å². The average Bonchev–Trinajstić information content (AvgIpc) is 3.16. The average molecular weight is 488 g/mol. The first-order chi connectivity index (χ1) is 16.9. The van der Waals surface area contributed by atoms with Gasteiger partial charge in [0.1, 0.15) is 17.7 Å². The Hall–Kier alpha value is -3.07. The molecule has 0 amide bonds. The number of hydrogen-bond acceptors (Lipinski definition) is 7. The van der Waals surface area contributed by atoms with Crippen molar-refractivity contribution in [3.63, 3.8) is 0 Å². The number of piperidine rings is 1. The highest BCUT2D eigenvalue weighted by molar-refractivity contribution is 5.69. The van der Waals surface area contributed by atoms with E-state index >= 15 is 0 Å². The van der Waals surface area contributed by atoms with E-state index < -0.39 is 5.97 Å². The SMILES string of the molecule is CCOc1ccc(F)c(N2CCC(Oc3ccc(N4C[C@H](OC)[C@@H](C)[C@@H]4CC(=O)O)cn3)CC2)c1. The first kappa shape index (κ1) is 25.0. The number of nitrogens with zero attached hydrogens (tertiary/aromatic N) is 3. The van der Waals surface area contributed by atoms with Crippen LogP contribution < -0.4 is 19.3 Å². The Kier molecular flexibility index (Phi) is 7.95. The largest absolute Gasteiger partial charge is 0.494 e. The first-order valence-electron chi connectivity index (χ1n) is 12.2. The van der Waals surface area contributed by atoms with E-state index in [0.717, 1.165) is 18.5 Å². The summed E-state index contributed by atoms with van der Waals surface area (Å²) in [6.45, 7) is 6.45. The maximum atomic E-state index is 14.4. The molecule has 0 aliphatic carbocycles. The summed E-state index contributed by atoms with van der Waals surface area (Å²) in [5.74, 6) is 0.213. The molecular formula is C26H34FN3O5. The van der Waals surface area contributed by atoms with E-state index in [1.807, 2.05) is 30.9 Å². The number of hydrogen-bond donors (Lipinski definition) is 1. The Bertz CT molecular complexity index is 997. The molecule has 3 atom stereocenters. The van der Waals surface area contributed by atoms with Gasteiger partial charge >= 0.3 is 5.97 Å². The third-order valence-electron chi connectivity index (χ3n) is 7.01. The second-order valence-corrected chi connectivity index (χ2v) is 9.16. The van der Waals surface area contributed by atoms with Crippen LogP contribution in [0.3, 0.4) is 0 Å². The van der Waals surface area contributed by atoms with Gasteiger partial charge in [0, 0.05) is 63.7 Å². The summed E-state index contributed by atoms with van der Waals surface area (Å²) in [4.78, 5) is 20.0. The van der Waals surface area contributed by atoms with E-state index in [1.165, 1.54) is 6.07 Å². The molecule has 0 unspecified atom stereocenters. The summed E-state index contributed by atoms with van der Waals surface area (Å²) in [5.41, 5.74) is 1.41. The van der Waals surface area contributed by atoms with Crippen LogP contribution in [0.1, 0.15) is 33.1 Å². The first-order valence-corrected chi connectivity index (χ1v) is 12.2. The van der Waals surface area contributed by atoms with Gasteiger partial charge in [-0.25, -0.2) is 9.37 Å². The van der Waals surface area contributed by atoms with E-state index in [9.17, 15) is 14.3 Å². The molecule has 1 N–H and O–H groups in total. The van der Waals surface area contributed by atoms with Gasteiger partial charge in [0.25, 0.3) is 0 Å². The number of aromatic nitrogens is 1. The number of pyridine rings is 1. The minimum absolute atomic E-state index is 0.00725. The zero-order valence-electron chi connectivity index (χ0n) is 20.5. The van der Waals surface area contributed by atoms with Crippen molar-refractivity contribution >= 4 is 17.3 Å². The van der Waals surface area contributed by atoms with Gasteiger partial charge in [-0.05, 0) is 25.1 Å². The minimum Gasteiger partial charge on any atom is -0.494 e. The summed E-state index contributed by atoms with van der Waals surface area (Å²) in [7, 11) is 1.66. The molecule has 8 nitrogen and oxygen atoms in total. The monoisotopic (exact) mass is 487 g/mol. The van der Waals surface area contributed by atoms with E-state index in [-0.39, 0.29) is 36.4 Å². The second kappa shape index (κ2) is 11.1. The van der Waals surface area contributed by atoms with Crippen LogP contribution in [0.5, 0.6) is 11.6 Å². The Balaban J connectivity index is 1.35. The summed E-state index contributed by atoms with van der Waals surface area (Å²) in [5, 5.41) is 9.35. The van der Waals surface area contributed by atoms with Crippen LogP contribution in [0.2, 0.25) is 0 Å². The molecule has 3 heterocycles. The Morgan fingerprint density at radius 2 is 2.00 bits per heavy atom. The molecule has 4 rings (SSSR count). The molecule has 1 aromatic heterocycles. The molecular weight excluding hydrogens is 453 g/mol. The molecule has 9 heteroatoms. The normalized spacial score (nSPS) is 22.9. The van der Waals surface area contributed by atoms with E-state index in [2.05, 4.69) is 9.88 Å². The number of benzene rings is 1. The molecule has 0 saturated carbocycles. The fourth-order valence-electron chi connectivity index (χ4n) is 5.08. The number of methoxy groups -OCH3 is 1. The van der Waals surface area contributed by atoms with Crippen molar-refractivity contribution < 1.29 is 28.5 Å². The topological polar surface area (TPSA) is 84.4 Å². The van der Waals surface area contributed by atoms with E-state index in [0.29, 0.717) is 43.6 Å². The quantitative estimate of drug-likeness (QED) is 0.569. The van der Waals surface area contributed by atoms with Gasteiger partial charge in [-0.3, -0.25) is 4.79 Å². The third-order valence-corrected chi connectivity index (χ3v) is 7.01. The van der Waals surface area contributed by atoms with Crippen molar-refractivity contribution in [2.24, 2.45) is 5.92 Å². The lowest BCUT2D eigenvalue weighted by Gasteiger charge is -2.34. The predicted molar refractivity (Wildman–Crippen MR) is 131 cm³/mol. The molecule has 2 aliphatic heterocycles. The maximum Gasteiger partial charge on any atom is 0.305 e. The number of rotatable bonds is 9. The van der Waals surface area contributed by atoms with Crippen LogP contribution in [0, 0.1) is 11.7 Å². The molecule has 35 heavy (non-hydrogen) atoms. The van der Waals surface area contributed by atoms with Crippen LogP contribution in [-0.2, 0) is 9.53 Å². The van der Waals surface area contributed by atoms with Gasteiger partial charge in [0.15, 0.2) is 0 Å². The molecule has 190 valence electrons. The standard InChI is InChI=1S/C26H34FN3O5/c1-4-34-20-6-7-21(27)23(13-20)29-11-9-19(10-12-29)35-25-8-5-18(15-28-25)30-16-24(33-3)17(2)22(30)14-26(31)32/h5-8,13,15,17,19,22,24H,4,9-12,14,16H2,1-3H3,(H,31,32)/t17-,22-,24-/m0/s1. The van der Waals surface area contributed by atoms with Gasteiger partial charge < -0.3 is 29.1 Å². The maximum absolute atomic E-state index is 14.4. The van der Waals surface area contributed by atoms with Crippen molar-refractivity contribution in [3.8, 4) is 11.6 Å². The van der Waals surface area contributed by atoms with Crippen LogP contribution in [0.4, 0.5) is 15.8 Å². The molecule has 2 aromatic rings. The van der Waals surface area contributed by atoms with Crippen LogP contribution in [-0.4, -0.2) is 67.7 Å². The summed E-state index contributed by atoms with van der Waals surface area (Å²) in [6, 6.07) is 8.45. The Morgan fingerprint density at radius 3 is 2.63 bits per heavy atom. The molecule has 1 aromatic carbocycles. The highest BCUT2D eigenvalue weighted by Crippen LogP contribution is 2.34. The fourth-order valence-corrected chi connectivity index (χ4v) is 5.08. The lowest BCUT2D eigenvalue weighted by Crippen LogP contribution is -2.38. The van der Waals surface area contributed by atoms with Crippen molar-refractivity contribution in [1.29, 1.82) is 0 Å².